The van der Waals surface area contributed by atoms with Gasteiger partial charge in [0.2, 0.25) is 5.91 Å². The van der Waals surface area contributed by atoms with Crippen molar-refractivity contribution in [3.8, 4) is 0 Å². The number of halogens is 2. The van der Waals surface area contributed by atoms with E-state index < -0.39 is 5.83 Å². The van der Waals surface area contributed by atoms with E-state index in [2.05, 4.69) is 17.2 Å². The van der Waals surface area contributed by atoms with Crippen LogP contribution in [-0.2, 0) is 11.2 Å². The molecule has 4 nitrogen and oxygen atoms in total. The van der Waals surface area contributed by atoms with Crippen LogP contribution in [0.4, 0.5) is 8.78 Å². The highest BCUT2D eigenvalue weighted by molar-refractivity contribution is 5.96. The van der Waals surface area contributed by atoms with E-state index in [4.69, 9.17) is 0 Å². The van der Waals surface area contributed by atoms with Gasteiger partial charge in [0.05, 0.1) is 0 Å². The average molecular weight is 308 g/mol. The third-order valence-corrected chi connectivity index (χ3v) is 2.95. The summed E-state index contributed by atoms with van der Waals surface area (Å²) in [4.78, 5) is 21.8. The van der Waals surface area contributed by atoms with E-state index in [1.54, 1.807) is 6.07 Å². The summed E-state index contributed by atoms with van der Waals surface area (Å²) < 4.78 is 24.7. The Kier molecular flexibility index (Phi) is 6.44. The van der Waals surface area contributed by atoms with Gasteiger partial charge in [-0.1, -0.05) is 12.6 Å². The standard InChI is InChI=1S/C9H8FNO.C7H10FNO/c10-7-2-1-6-3-4-11-9(12)8(6)5-7;1-5(4-6(2)8)7(10)9-3/h1-2,5H,3-4H2,(H,11,12);4H,2H2,1,3H3,(H,9,10)/b;5-4+. The smallest absolute Gasteiger partial charge is 0.251 e. The summed E-state index contributed by atoms with van der Waals surface area (Å²) in [5, 5.41) is 5.01. The van der Waals surface area contributed by atoms with Gasteiger partial charge in [0.1, 0.15) is 11.6 Å². The molecular weight excluding hydrogens is 290 g/mol. The first kappa shape index (κ1) is 17.6. The summed E-state index contributed by atoms with van der Waals surface area (Å²) in [7, 11) is 1.49. The van der Waals surface area contributed by atoms with Gasteiger partial charge in [-0.25, -0.2) is 8.78 Å². The number of benzene rings is 1. The van der Waals surface area contributed by atoms with Crippen LogP contribution < -0.4 is 10.6 Å². The Hall–Kier alpha value is -2.50. The van der Waals surface area contributed by atoms with Gasteiger partial charge in [-0.2, -0.15) is 0 Å². The van der Waals surface area contributed by atoms with E-state index in [9.17, 15) is 18.4 Å². The van der Waals surface area contributed by atoms with Gasteiger partial charge in [-0.05, 0) is 37.1 Å². The molecule has 2 amide bonds. The number of amides is 2. The summed E-state index contributed by atoms with van der Waals surface area (Å²) in [6, 6.07) is 4.34. The van der Waals surface area contributed by atoms with Crippen LogP contribution in [0.25, 0.3) is 0 Å². The Labute approximate surface area is 127 Å². The Morgan fingerprint density at radius 3 is 2.73 bits per heavy atom. The molecule has 0 spiro atoms. The molecule has 0 bridgehead atoms. The summed E-state index contributed by atoms with van der Waals surface area (Å²) in [5.41, 5.74) is 1.72. The van der Waals surface area contributed by atoms with Crippen molar-refractivity contribution >= 4 is 11.8 Å². The fourth-order valence-electron chi connectivity index (χ4n) is 1.88. The largest absolute Gasteiger partial charge is 0.355 e. The topological polar surface area (TPSA) is 58.2 Å². The first-order chi connectivity index (χ1) is 10.3. The van der Waals surface area contributed by atoms with Crippen molar-refractivity contribution < 1.29 is 18.4 Å². The molecular formula is C16H18F2N2O2. The Balaban J connectivity index is 0.000000225. The Morgan fingerprint density at radius 1 is 1.45 bits per heavy atom. The number of carbonyl (C=O) groups is 2. The molecule has 118 valence electrons. The van der Waals surface area contributed by atoms with Gasteiger partial charge in [0.15, 0.2) is 0 Å². The van der Waals surface area contributed by atoms with E-state index in [0.29, 0.717) is 17.7 Å². The van der Waals surface area contributed by atoms with Gasteiger partial charge in [0.25, 0.3) is 5.91 Å². The Bertz CT molecular complexity index is 625. The van der Waals surface area contributed by atoms with Crippen molar-refractivity contribution in [3.05, 3.63) is 59.2 Å². The monoisotopic (exact) mass is 308 g/mol. The second kappa shape index (κ2) is 8.07. The molecule has 0 aliphatic carbocycles. The van der Waals surface area contributed by atoms with Crippen LogP contribution in [0, 0.1) is 5.82 Å². The van der Waals surface area contributed by atoms with Crippen LogP contribution in [0.5, 0.6) is 0 Å². The molecule has 0 radical (unpaired) electrons. The summed E-state index contributed by atoms with van der Waals surface area (Å²) in [5.74, 6) is -1.43. The molecule has 1 aromatic carbocycles. The maximum absolute atomic E-state index is 12.7. The number of fused-ring (bicyclic) bond motifs is 1. The molecule has 1 aromatic rings. The Morgan fingerprint density at radius 2 is 2.14 bits per heavy atom. The number of likely N-dealkylation sites (N-methyl/N-ethyl adjacent to an activating group) is 1. The lowest BCUT2D eigenvalue weighted by Gasteiger charge is -2.15. The van der Waals surface area contributed by atoms with Gasteiger partial charge >= 0.3 is 0 Å². The second-order valence-electron chi connectivity index (χ2n) is 4.66. The lowest BCUT2D eigenvalue weighted by Crippen LogP contribution is -2.31. The average Bonchev–Trinajstić information content (AvgIpc) is 2.47. The minimum Gasteiger partial charge on any atom is -0.355 e. The summed E-state index contributed by atoms with van der Waals surface area (Å²) in [6.45, 7) is 5.16. The molecule has 6 heteroatoms. The minimum atomic E-state index is -0.610. The molecule has 1 aliphatic rings. The van der Waals surface area contributed by atoms with E-state index in [0.717, 1.165) is 18.1 Å². The van der Waals surface area contributed by atoms with Crippen LogP contribution in [0.1, 0.15) is 22.8 Å². The third kappa shape index (κ3) is 5.12. The number of hydrogen-bond acceptors (Lipinski definition) is 2. The zero-order valence-corrected chi connectivity index (χ0v) is 12.5. The predicted molar refractivity (Wildman–Crippen MR) is 80.5 cm³/mol. The molecule has 0 atom stereocenters. The van der Waals surface area contributed by atoms with Crippen molar-refractivity contribution in [1.29, 1.82) is 0 Å². The highest BCUT2D eigenvalue weighted by Gasteiger charge is 2.16. The SMILES string of the molecule is C=C(F)/C=C(\C)C(=O)NC.O=C1NCCc2ccc(F)cc21. The highest BCUT2D eigenvalue weighted by atomic mass is 19.1. The molecule has 1 aliphatic heterocycles. The molecule has 0 unspecified atom stereocenters. The van der Waals surface area contributed by atoms with Crippen LogP contribution in [-0.4, -0.2) is 25.4 Å². The quantitative estimate of drug-likeness (QED) is 0.650. The number of hydrogen-bond donors (Lipinski definition) is 2. The van der Waals surface area contributed by atoms with Gasteiger partial charge in [0, 0.05) is 24.7 Å². The molecule has 2 N–H and O–H groups in total. The zero-order valence-electron chi connectivity index (χ0n) is 12.5. The maximum Gasteiger partial charge on any atom is 0.251 e. The zero-order chi connectivity index (χ0) is 16.7. The lowest BCUT2D eigenvalue weighted by atomic mass is 10.0. The number of carbonyl (C=O) groups excluding carboxylic acids is 2. The number of rotatable bonds is 2. The lowest BCUT2D eigenvalue weighted by molar-refractivity contribution is -0.117. The van der Waals surface area contributed by atoms with Crippen LogP contribution in [0.3, 0.4) is 0 Å². The number of allylic oxidation sites excluding steroid dienone is 2. The van der Waals surface area contributed by atoms with Crippen LogP contribution in [0.15, 0.2) is 42.3 Å². The molecule has 1 heterocycles. The number of nitrogens with one attached hydrogen (secondary N) is 2. The first-order valence-corrected chi connectivity index (χ1v) is 6.66. The van der Waals surface area contributed by atoms with Crippen LogP contribution in [0.2, 0.25) is 0 Å². The first-order valence-electron chi connectivity index (χ1n) is 6.66. The van der Waals surface area contributed by atoms with E-state index in [1.165, 1.54) is 26.1 Å². The summed E-state index contributed by atoms with van der Waals surface area (Å²) >= 11 is 0. The van der Waals surface area contributed by atoms with Gasteiger partial charge in [-0.15, -0.1) is 0 Å². The van der Waals surface area contributed by atoms with Gasteiger partial charge < -0.3 is 10.6 Å². The van der Waals surface area contributed by atoms with E-state index >= 15 is 0 Å². The van der Waals surface area contributed by atoms with Crippen molar-refractivity contribution in [2.75, 3.05) is 13.6 Å². The van der Waals surface area contributed by atoms with Crippen molar-refractivity contribution in [3.63, 3.8) is 0 Å². The molecule has 0 saturated carbocycles. The molecule has 0 fully saturated rings. The van der Waals surface area contributed by atoms with Crippen molar-refractivity contribution in [1.82, 2.24) is 10.6 Å². The van der Waals surface area contributed by atoms with Crippen molar-refractivity contribution in [2.45, 2.75) is 13.3 Å². The summed E-state index contributed by atoms with van der Waals surface area (Å²) in [6.07, 6.45) is 1.88. The molecule has 0 aromatic heterocycles. The highest BCUT2D eigenvalue weighted by Crippen LogP contribution is 2.14. The normalized spacial score (nSPS) is 13.3. The van der Waals surface area contributed by atoms with Gasteiger partial charge in [-0.3, -0.25) is 9.59 Å². The molecule has 2 rings (SSSR count). The third-order valence-electron chi connectivity index (χ3n) is 2.95. The van der Waals surface area contributed by atoms with Crippen LogP contribution >= 0.6 is 0 Å². The van der Waals surface area contributed by atoms with E-state index in [-0.39, 0.29) is 17.6 Å². The fourth-order valence-corrected chi connectivity index (χ4v) is 1.88. The second-order valence-corrected chi connectivity index (χ2v) is 4.66. The molecule has 0 saturated heterocycles. The molecule has 22 heavy (non-hydrogen) atoms. The predicted octanol–water partition coefficient (Wildman–Crippen LogP) is 2.27. The fraction of sp³-hybridized carbons (Fsp3) is 0.250. The van der Waals surface area contributed by atoms with E-state index in [1.807, 2.05) is 0 Å². The maximum atomic E-state index is 12.7. The minimum absolute atomic E-state index is 0.171. The van der Waals surface area contributed by atoms with Crippen molar-refractivity contribution in [2.24, 2.45) is 0 Å².